The first-order valence-corrected chi connectivity index (χ1v) is 5.15. The van der Waals surface area contributed by atoms with Crippen LogP contribution >= 0.6 is 0 Å². The van der Waals surface area contributed by atoms with Gasteiger partial charge in [-0.3, -0.25) is 9.78 Å². The summed E-state index contributed by atoms with van der Waals surface area (Å²) in [6.07, 6.45) is 2.66. The van der Waals surface area contributed by atoms with Crippen LogP contribution in [-0.4, -0.2) is 29.3 Å². The third-order valence-electron chi connectivity index (χ3n) is 2.45. The molecule has 0 atom stereocenters. The molecule has 0 aromatic carbocycles. The normalized spacial score (nSPS) is 10.9. The highest BCUT2D eigenvalue weighted by Crippen LogP contribution is 2.05. The Kier molecular flexibility index (Phi) is 2.11. The molecule has 0 fully saturated rings. The number of hydrogen-bond acceptors (Lipinski definition) is 7. The highest BCUT2D eigenvalue weighted by Gasteiger charge is 2.11. The predicted octanol–water partition coefficient (Wildman–Crippen LogP) is -1.85. The van der Waals surface area contributed by atoms with Gasteiger partial charge >= 0.3 is 5.69 Å². The van der Waals surface area contributed by atoms with Crippen LogP contribution in [0.15, 0.2) is 28.2 Å². The number of H-pyrrole nitrogens is 1. The average Bonchev–Trinajstić information content (AvgIpc) is 2.73. The van der Waals surface area contributed by atoms with Gasteiger partial charge in [0.2, 0.25) is 5.95 Å². The van der Waals surface area contributed by atoms with Gasteiger partial charge < -0.3 is 11.5 Å². The van der Waals surface area contributed by atoms with E-state index in [9.17, 15) is 9.59 Å². The molecule has 5 N–H and O–H groups in total. The largest absolute Gasteiger partial charge is 0.383 e. The number of hydrogen-bond donors (Lipinski definition) is 3. The molecule has 10 nitrogen and oxygen atoms in total. The highest BCUT2D eigenvalue weighted by molar-refractivity contribution is 5.70. The topological polar surface area (TPSA) is 150 Å². The number of aromatic amines is 1. The quantitative estimate of drug-likeness (QED) is 0.464. The summed E-state index contributed by atoms with van der Waals surface area (Å²) in [6, 6.07) is 1.43. The maximum Gasteiger partial charge on any atom is 0.368 e. The fourth-order valence-electron chi connectivity index (χ4n) is 1.65. The molecule has 0 radical (unpaired) electrons. The minimum Gasteiger partial charge on any atom is -0.383 e. The van der Waals surface area contributed by atoms with Crippen LogP contribution in [0.5, 0.6) is 0 Å². The van der Waals surface area contributed by atoms with Crippen molar-refractivity contribution < 1.29 is 0 Å². The van der Waals surface area contributed by atoms with Crippen molar-refractivity contribution >= 4 is 22.9 Å². The predicted molar refractivity (Wildman–Crippen MR) is 66.3 cm³/mol. The monoisotopic (exact) mass is 260 g/mol. The summed E-state index contributed by atoms with van der Waals surface area (Å²) < 4.78 is 2.37. The molecule has 0 aliphatic rings. The summed E-state index contributed by atoms with van der Waals surface area (Å²) in [5.41, 5.74) is 9.97. The van der Waals surface area contributed by atoms with Crippen molar-refractivity contribution in [2.75, 3.05) is 11.5 Å². The summed E-state index contributed by atoms with van der Waals surface area (Å²) in [4.78, 5) is 37.0. The van der Waals surface area contributed by atoms with Crippen LogP contribution in [-0.2, 0) is 0 Å². The van der Waals surface area contributed by atoms with Crippen molar-refractivity contribution in [3.63, 3.8) is 0 Å². The molecule has 3 rings (SSSR count). The standard InChI is InChI=1S/C9H8N8O2/c10-4-1-2-16(9(19)13-4)17-3-12-5-6(17)14-8(11)15-7(5)18/h1-3H,(H2,10,13,19)(H3,11,14,15,18). The van der Waals surface area contributed by atoms with Gasteiger partial charge in [0, 0.05) is 6.20 Å². The minimum absolute atomic E-state index is 0.0675. The number of nitrogens with zero attached hydrogens (tertiary/aromatic N) is 5. The van der Waals surface area contributed by atoms with Crippen LogP contribution in [0.25, 0.3) is 11.2 Å². The van der Waals surface area contributed by atoms with E-state index >= 15 is 0 Å². The zero-order valence-electron chi connectivity index (χ0n) is 9.44. The Morgan fingerprint density at radius 2 is 1.95 bits per heavy atom. The molecule has 0 saturated carbocycles. The number of nitrogens with two attached hydrogens (primary N) is 2. The zero-order valence-corrected chi connectivity index (χ0v) is 9.44. The molecule has 0 saturated heterocycles. The fourth-order valence-corrected chi connectivity index (χ4v) is 1.65. The van der Waals surface area contributed by atoms with Crippen molar-refractivity contribution in [1.82, 2.24) is 29.3 Å². The van der Waals surface area contributed by atoms with E-state index < -0.39 is 11.2 Å². The first-order valence-electron chi connectivity index (χ1n) is 5.15. The van der Waals surface area contributed by atoms with E-state index in [2.05, 4.69) is 19.9 Å². The van der Waals surface area contributed by atoms with Gasteiger partial charge in [0.25, 0.3) is 5.56 Å². The molecule has 0 unspecified atom stereocenters. The molecule has 0 amide bonds. The highest BCUT2D eigenvalue weighted by atomic mass is 16.2. The Bertz CT molecular complexity index is 889. The van der Waals surface area contributed by atoms with Gasteiger partial charge in [0.15, 0.2) is 11.2 Å². The second-order valence-corrected chi connectivity index (χ2v) is 3.69. The van der Waals surface area contributed by atoms with Gasteiger partial charge in [-0.2, -0.15) is 9.97 Å². The van der Waals surface area contributed by atoms with Gasteiger partial charge in [0.1, 0.15) is 12.1 Å². The third-order valence-corrected chi connectivity index (χ3v) is 2.45. The number of fused-ring (bicyclic) bond motifs is 1. The molecule has 3 aromatic rings. The van der Waals surface area contributed by atoms with Gasteiger partial charge in [0.05, 0.1) is 0 Å². The lowest BCUT2D eigenvalue weighted by Crippen LogP contribution is -2.28. The number of nitrogen functional groups attached to an aromatic ring is 2. The smallest absolute Gasteiger partial charge is 0.368 e. The molecule has 0 aliphatic carbocycles. The van der Waals surface area contributed by atoms with E-state index in [4.69, 9.17) is 11.5 Å². The number of nitrogens with one attached hydrogen (secondary N) is 1. The number of rotatable bonds is 1. The Morgan fingerprint density at radius 3 is 2.68 bits per heavy atom. The molecule has 96 valence electrons. The Morgan fingerprint density at radius 1 is 1.16 bits per heavy atom. The maximum atomic E-state index is 11.7. The zero-order chi connectivity index (χ0) is 13.6. The molecular formula is C9H8N8O2. The van der Waals surface area contributed by atoms with Crippen LogP contribution < -0.4 is 22.7 Å². The third kappa shape index (κ3) is 1.62. The van der Waals surface area contributed by atoms with Crippen LogP contribution in [0, 0.1) is 0 Å². The van der Waals surface area contributed by atoms with Crippen molar-refractivity contribution in [1.29, 1.82) is 0 Å². The Hall–Kier alpha value is -3.17. The van der Waals surface area contributed by atoms with Crippen molar-refractivity contribution in [2.45, 2.75) is 0 Å². The van der Waals surface area contributed by atoms with Crippen LogP contribution in [0.3, 0.4) is 0 Å². The van der Waals surface area contributed by atoms with E-state index in [1.165, 1.54) is 23.3 Å². The lowest BCUT2D eigenvalue weighted by Gasteiger charge is -2.06. The van der Waals surface area contributed by atoms with Gasteiger partial charge in [-0.1, -0.05) is 0 Å². The van der Waals surface area contributed by atoms with Gasteiger partial charge in [-0.05, 0) is 6.07 Å². The maximum absolute atomic E-state index is 11.7. The second-order valence-electron chi connectivity index (χ2n) is 3.69. The molecule has 0 spiro atoms. The van der Waals surface area contributed by atoms with E-state index in [1.54, 1.807) is 0 Å². The van der Waals surface area contributed by atoms with Crippen LogP contribution in [0.1, 0.15) is 0 Å². The molecule has 19 heavy (non-hydrogen) atoms. The lowest BCUT2D eigenvalue weighted by atomic mass is 10.5. The van der Waals surface area contributed by atoms with Crippen molar-refractivity contribution in [3.05, 3.63) is 39.4 Å². The molecule has 10 heteroatoms. The SMILES string of the molecule is Nc1ccn(-n2cnc3c(=O)[nH]c(N)nc32)c(=O)n1. The minimum atomic E-state index is -0.625. The van der Waals surface area contributed by atoms with Crippen molar-refractivity contribution in [2.24, 2.45) is 0 Å². The lowest BCUT2D eigenvalue weighted by molar-refractivity contribution is 0.625. The second kappa shape index (κ2) is 3.66. The molecule has 3 heterocycles. The Balaban J connectivity index is 2.38. The summed E-state index contributed by atoms with van der Waals surface area (Å²) in [5, 5.41) is 0. The number of imidazole rings is 1. The van der Waals surface area contributed by atoms with Crippen LogP contribution in [0.2, 0.25) is 0 Å². The number of aromatic nitrogens is 6. The molecule has 0 bridgehead atoms. The number of anilines is 2. The summed E-state index contributed by atoms with van der Waals surface area (Å²) >= 11 is 0. The summed E-state index contributed by atoms with van der Waals surface area (Å²) in [5.74, 6) is 0.0201. The van der Waals surface area contributed by atoms with E-state index in [-0.39, 0.29) is 22.9 Å². The van der Waals surface area contributed by atoms with E-state index in [0.29, 0.717) is 0 Å². The first-order chi connectivity index (χ1) is 9.06. The molecular weight excluding hydrogens is 252 g/mol. The van der Waals surface area contributed by atoms with E-state index in [0.717, 1.165) is 4.68 Å². The van der Waals surface area contributed by atoms with Gasteiger partial charge in [-0.15, -0.1) is 0 Å². The summed E-state index contributed by atoms with van der Waals surface area (Å²) in [7, 11) is 0. The van der Waals surface area contributed by atoms with Crippen molar-refractivity contribution in [3.8, 4) is 0 Å². The fraction of sp³-hybridized carbons (Fsp3) is 0. The van der Waals surface area contributed by atoms with E-state index in [1.807, 2.05) is 0 Å². The van der Waals surface area contributed by atoms with Gasteiger partial charge in [-0.25, -0.2) is 19.1 Å². The van der Waals surface area contributed by atoms with Crippen LogP contribution in [0.4, 0.5) is 11.8 Å². The molecule has 3 aromatic heterocycles. The average molecular weight is 260 g/mol. The molecule has 0 aliphatic heterocycles. The summed E-state index contributed by atoms with van der Waals surface area (Å²) in [6.45, 7) is 0. The first kappa shape index (κ1) is 11.0. The Labute approximate surface area is 104 Å².